The molecule has 4 nitrogen and oxygen atoms in total. The average Bonchev–Trinajstić information content (AvgIpc) is 3.09. The van der Waals surface area contributed by atoms with E-state index in [0.29, 0.717) is 29.1 Å². The fourth-order valence-electron chi connectivity index (χ4n) is 4.53. The molecule has 32 heavy (non-hydrogen) atoms. The Bertz CT molecular complexity index is 1230. The van der Waals surface area contributed by atoms with Crippen LogP contribution in [0.3, 0.4) is 0 Å². The second-order valence-corrected chi connectivity index (χ2v) is 8.08. The number of anilines is 2. The summed E-state index contributed by atoms with van der Waals surface area (Å²) in [7, 11) is 0. The molecule has 5 rings (SSSR count). The van der Waals surface area contributed by atoms with Crippen LogP contribution >= 0.6 is 0 Å². The van der Waals surface area contributed by atoms with Gasteiger partial charge in [-0.25, -0.2) is 9.29 Å². The Kier molecular flexibility index (Phi) is 5.10. The predicted molar refractivity (Wildman–Crippen MR) is 124 cm³/mol. The SMILES string of the molecule is CCc1ccc(N2C(=O)C(c3ccc(F)cc3)=C(N3CCCc4ccccc43)C2=O)cc1. The molecule has 0 aromatic heterocycles. The molecule has 0 bridgehead atoms. The lowest BCUT2D eigenvalue weighted by Crippen LogP contribution is -2.37. The topological polar surface area (TPSA) is 40.6 Å². The lowest BCUT2D eigenvalue weighted by atomic mass is 9.98. The molecule has 0 fully saturated rings. The number of nitrogens with zero attached hydrogens (tertiary/aromatic N) is 2. The highest BCUT2D eigenvalue weighted by molar-refractivity contribution is 6.46. The Labute approximate surface area is 186 Å². The van der Waals surface area contributed by atoms with Gasteiger partial charge in [-0.05, 0) is 66.3 Å². The molecule has 3 aromatic rings. The number of imide groups is 1. The minimum Gasteiger partial charge on any atom is -0.336 e. The van der Waals surface area contributed by atoms with E-state index in [9.17, 15) is 14.0 Å². The van der Waals surface area contributed by atoms with Crippen molar-refractivity contribution < 1.29 is 14.0 Å². The molecule has 2 aliphatic heterocycles. The number of hydrogen-bond acceptors (Lipinski definition) is 3. The first kappa shape index (κ1) is 20.2. The lowest BCUT2D eigenvalue weighted by Gasteiger charge is -2.32. The van der Waals surface area contributed by atoms with E-state index in [2.05, 4.69) is 13.0 Å². The highest BCUT2D eigenvalue weighted by atomic mass is 19.1. The monoisotopic (exact) mass is 426 g/mol. The van der Waals surface area contributed by atoms with Crippen LogP contribution in [0.4, 0.5) is 15.8 Å². The van der Waals surface area contributed by atoms with Gasteiger partial charge in [-0.15, -0.1) is 0 Å². The van der Waals surface area contributed by atoms with Crippen molar-refractivity contribution in [2.75, 3.05) is 16.3 Å². The Morgan fingerprint density at radius 2 is 1.59 bits per heavy atom. The summed E-state index contributed by atoms with van der Waals surface area (Å²) in [5.41, 5.74) is 4.96. The molecule has 2 heterocycles. The molecular weight excluding hydrogens is 403 g/mol. The van der Waals surface area contributed by atoms with Gasteiger partial charge in [0.05, 0.1) is 11.3 Å². The zero-order valence-electron chi connectivity index (χ0n) is 17.8. The van der Waals surface area contributed by atoms with Crippen LogP contribution in [0.1, 0.15) is 30.0 Å². The highest BCUT2D eigenvalue weighted by Gasteiger charge is 2.43. The number of rotatable bonds is 4. The van der Waals surface area contributed by atoms with Crippen LogP contribution in [-0.4, -0.2) is 18.4 Å². The van der Waals surface area contributed by atoms with E-state index in [1.54, 1.807) is 12.1 Å². The van der Waals surface area contributed by atoms with Crippen LogP contribution < -0.4 is 9.80 Å². The van der Waals surface area contributed by atoms with Crippen molar-refractivity contribution in [3.8, 4) is 0 Å². The largest absolute Gasteiger partial charge is 0.336 e. The number of fused-ring (bicyclic) bond motifs is 1. The normalized spacial score (nSPS) is 16.1. The maximum absolute atomic E-state index is 13.8. The standard InChI is InChI=1S/C27H23FN2O2/c1-2-18-9-15-22(16-10-18)30-26(31)24(20-11-13-21(28)14-12-20)25(27(30)32)29-17-5-7-19-6-3-4-8-23(19)29/h3-4,6,8-16H,2,5,7,17H2,1H3. The van der Waals surface area contributed by atoms with Crippen molar-refractivity contribution in [3.63, 3.8) is 0 Å². The quantitative estimate of drug-likeness (QED) is 0.544. The first-order chi connectivity index (χ1) is 15.6. The number of amides is 2. The van der Waals surface area contributed by atoms with Crippen molar-refractivity contribution in [1.82, 2.24) is 0 Å². The molecule has 160 valence electrons. The summed E-state index contributed by atoms with van der Waals surface area (Å²) >= 11 is 0. The number of carbonyl (C=O) groups is 2. The molecule has 5 heteroatoms. The molecule has 0 saturated carbocycles. The zero-order valence-corrected chi connectivity index (χ0v) is 17.8. The minimum absolute atomic E-state index is 0.311. The van der Waals surface area contributed by atoms with Gasteiger partial charge in [0.1, 0.15) is 11.5 Å². The summed E-state index contributed by atoms with van der Waals surface area (Å²) < 4.78 is 13.6. The maximum Gasteiger partial charge on any atom is 0.282 e. The van der Waals surface area contributed by atoms with Crippen molar-refractivity contribution >= 4 is 28.8 Å². The molecule has 2 amide bonds. The van der Waals surface area contributed by atoms with Gasteiger partial charge in [0.2, 0.25) is 0 Å². The number of carbonyl (C=O) groups excluding carboxylic acids is 2. The highest BCUT2D eigenvalue weighted by Crippen LogP contribution is 2.39. The number of aryl methyl sites for hydroxylation is 2. The number of halogens is 1. The van der Waals surface area contributed by atoms with E-state index in [1.165, 1.54) is 17.0 Å². The number of para-hydroxylation sites is 1. The van der Waals surface area contributed by atoms with Crippen LogP contribution in [0.5, 0.6) is 0 Å². The van der Waals surface area contributed by atoms with Crippen LogP contribution in [0.2, 0.25) is 0 Å². The summed E-state index contributed by atoms with van der Waals surface area (Å²) in [5.74, 6) is -1.12. The molecule has 0 N–H and O–H groups in total. The van der Waals surface area contributed by atoms with Gasteiger partial charge >= 0.3 is 0 Å². The first-order valence-electron chi connectivity index (χ1n) is 10.9. The van der Waals surface area contributed by atoms with E-state index in [4.69, 9.17) is 0 Å². The van der Waals surface area contributed by atoms with E-state index >= 15 is 0 Å². The Morgan fingerprint density at radius 1 is 0.875 bits per heavy atom. The van der Waals surface area contributed by atoms with Crippen molar-refractivity contribution in [2.24, 2.45) is 0 Å². The van der Waals surface area contributed by atoms with Gasteiger partial charge in [-0.1, -0.05) is 49.4 Å². The summed E-state index contributed by atoms with van der Waals surface area (Å²) in [5, 5.41) is 0. The summed E-state index contributed by atoms with van der Waals surface area (Å²) in [4.78, 5) is 30.6. The molecule has 0 spiro atoms. The Morgan fingerprint density at radius 3 is 2.31 bits per heavy atom. The van der Waals surface area contributed by atoms with Crippen LogP contribution in [0.25, 0.3) is 5.57 Å². The van der Waals surface area contributed by atoms with Crippen LogP contribution in [-0.2, 0) is 22.4 Å². The van der Waals surface area contributed by atoms with E-state index < -0.39 is 0 Å². The van der Waals surface area contributed by atoms with Crippen LogP contribution in [0.15, 0.2) is 78.5 Å². The molecule has 2 aliphatic rings. The van der Waals surface area contributed by atoms with Crippen LogP contribution in [0, 0.1) is 5.82 Å². The molecule has 0 atom stereocenters. The van der Waals surface area contributed by atoms with Gasteiger partial charge in [0, 0.05) is 12.2 Å². The van der Waals surface area contributed by atoms with Crippen molar-refractivity contribution in [2.45, 2.75) is 26.2 Å². The molecule has 3 aromatic carbocycles. The third kappa shape index (κ3) is 3.30. The minimum atomic E-state index is -0.386. The van der Waals surface area contributed by atoms with E-state index in [-0.39, 0.29) is 17.6 Å². The van der Waals surface area contributed by atoms with Crippen molar-refractivity contribution in [1.29, 1.82) is 0 Å². The smallest absolute Gasteiger partial charge is 0.282 e. The summed E-state index contributed by atoms with van der Waals surface area (Å²) in [6.45, 7) is 2.69. The molecule has 0 radical (unpaired) electrons. The Balaban J connectivity index is 1.67. The Hall–Kier alpha value is -3.73. The summed E-state index contributed by atoms with van der Waals surface area (Å²) in [6, 6.07) is 21.2. The maximum atomic E-state index is 13.8. The lowest BCUT2D eigenvalue weighted by molar-refractivity contribution is -0.120. The van der Waals surface area contributed by atoms with Crippen molar-refractivity contribution in [3.05, 3.63) is 101 Å². The van der Waals surface area contributed by atoms with Gasteiger partial charge in [-0.2, -0.15) is 0 Å². The molecular formula is C27H23FN2O2. The predicted octanol–water partition coefficient (Wildman–Crippen LogP) is 5.13. The van der Waals surface area contributed by atoms with Gasteiger partial charge in [0.25, 0.3) is 11.8 Å². The van der Waals surface area contributed by atoms with Gasteiger partial charge in [0.15, 0.2) is 0 Å². The van der Waals surface area contributed by atoms with E-state index in [0.717, 1.165) is 36.1 Å². The average molecular weight is 426 g/mol. The fraction of sp³-hybridized carbons (Fsp3) is 0.185. The first-order valence-corrected chi connectivity index (χ1v) is 10.9. The third-order valence-corrected chi connectivity index (χ3v) is 6.18. The van der Waals surface area contributed by atoms with Gasteiger partial charge < -0.3 is 4.90 Å². The van der Waals surface area contributed by atoms with Gasteiger partial charge in [-0.3, -0.25) is 9.59 Å². The van der Waals surface area contributed by atoms with E-state index in [1.807, 2.05) is 47.4 Å². The summed E-state index contributed by atoms with van der Waals surface area (Å²) in [6.07, 6.45) is 2.68. The second-order valence-electron chi connectivity index (χ2n) is 8.08. The number of benzene rings is 3. The molecule has 0 saturated heterocycles. The molecule has 0 aliphatic carbocycles. The second kappa shape index (κ2) is 8.08. The molecule has 0 unspecified atom stereocenters. The fourth-order valence-corrected chi connectivity index (χ4v) is 4.53. The zero-order chi connectivity index (χ0) is 22.2. The number of hydrogen-bond donors (Lipinski definition) is 0. The third-order valence-electron chi connectivity index (χ3n) is 6.18.